The maximum atomic E-state index is 12.6. The lowest BCUT2D eigenvalue weighted by atomic mass is 10.1. The van der Waals surface area contributed by atoms with E-state index in [1.807, 2.05) is 42.2 Å². The number of rotatable bonds is 4. The van der Waals surface area contributed by atoms with Gasteiger partial charge in [-0.25, -0.2) is 4.68 Å². The van der Waals surface area contributed by atoms with E-state index in [0.29, 0.717) is 25.6 Å². The highest BCUT2D eigenvalue weighted by molar-refractivity contribution is 5.78. The topological polar surface area (TPSA) is 60.3 Å². The second-order valence-corrected chi connectivity index (χ2v) is 6.54. The highest BCUT2D eigenvalue weighted by Crippen LogP contribution is 2.16. The summed E-state index contributed by atoms with van der Waals surface area (Å²) in [5, 5.41) is 8.41. The van der Waals surface area contributed by atoms with E-state index in [0.717, 1.165) is 17.1 Å². The first-order chi connectivity index (χ1) is 11.6. The molecule has 1 atom stereocenters. The molecule has 1 aliphatic heterocycles. The number of hydrogen-bond acceptors (Lipinski definition) is 4. The molecule has 24 heavy (non-hydrogen) atoms. The molecule has 0 spiro atoms. The SMILES string of the molecule is Cc1c(CC(=O)N2CCOC(C(C)C)C2)nnn1-c1ccccc1. The zero-order valence-corrected chi connectivity index (χ0v) is 14.5. The van der Waals surface area contributed by atoms with Crippen LogP contribution in [0, 0.1) is 12.8 Å². The summed E-state index contributed by atoms with van der Waals surface area (Å²) in [5.41, 5.74) is 2.59. The van der Waals surface area contributed by atoms with Crippen molar-refractivity contribution < 1.29 is 9.53 Å². The Morgan fingerprint density at radius 3 is 2.79 bits per heavy atom. The Labute approximate surface area is 142 Å². The van der Waals surface area contributed by atoms with Crippen molar-refractivity contribution in [1.82, 2.24) is 19.9 Å². The molecule has 0 bridgehead atoms. The summed E-state index contributed by atoms with van der Waals surface area (Å²) in [6.07, 6.45) is 0.396. The number of amides is 1. The molecule has 1 amide bonds. The van der Waals surface area contributed by atoms with Crippen LogP contribution in [0.1, 0.15) is 25.2 Å². The van der Waals surface area contributed by atoms with Crippen molar-refractivity contribution >= 4 is 5.91 Å². The van der Waals surface area contributed by atoms with Gasteiger partial charge < -0.3 is 9.64 Å². The standard InChI is InChI=1S/C18H24N4O2/c1-13(2)17-12-21(9-10-24-17)18(23)11-16-14(3)22(20-19-16)15-7-5-4-6-8-15/h4-8,13,17H,9-12H2,1-3H3. The Morgan fingerprint density at radius 2 is 2.08 bits per heavy atom. The van der Waals surface area contributed by atoms with Crippen LogP contribution < -0.4 is 0 Å². The van der Waals surface area contributed by atoms with Gasteiger partial charge in [0, 0.05) is 13.1 Å². The van der Waals surface area contributed by atoms with E-state index in [1.54, 1.807) is 4.68 Å². The quantitative estimate of drug-likeness (QED) is 0.861. The fourth-order valence-corrected chi connectivity index (χ4v) is 2.90. The molecule has 2 heterocycles. The highest BCUT2D eigenvalue weighted by Gasteiger charge is 2.27. The molecule has 1 aromatic carbocycles. The number of aromatic nitrogens is 3. The van der Waals surface area contributed by atoms with Crippen molar-refractivity contribution in [2.24, 2.45) is 5.92 Å². The van der Waals surface area contributed by atoms with Gasteiger partial charge in [-0.15, -0.1) is 5.10 Å². The van der Waals surface area contributed by atoms with Gasteiger partial charge in [-0.1, -0.05) is 37.3 Å². The maximum Gasteiger partial charge on any atom is 0.228 e. The lowest BCUT2D eigenvalue weighted by Gasteiger charge is -2.34. The smallest absolute Gasteiger partial charge is 0.228 e. The molecule has 0 radical (unpaired) electrons. The average molecular weight is 328 g/mol. The van der Waals surface area contributed by atoms with Crippen molar-refractivity contribution in [2.45, 2.75) is 33.3 Å². The molecule has 2 aromatic rings. The van der Waals surface area contributed by atoms with E-state index < -0.39 is 0 Å². The molecule has 1 aliphatic rings. The molecule has 0 N–H and O–H groups in total. The van der Waals surface area contributed by atoms with Crippen LogP contribution in [-0.2, 0) is 16.0 Å². The van der Waals surface area contributed by atoms with Crippen molar-refractivity contribution in [2.75, 3.05) is 19.7 Å². The van der Waals surface area contributed by atoms with Crippen LogP contribution in [0.5, 0.6) is 0 Å². The van der Waals surface area contributed by atoms with Crippen molar-refractivity contribution in [1.29, 1.82) is 0 Å². The number of carbonyl (C=O) groups excluding carboxylic acids is 1. The van der Waals surface area contributed by atoms with Crippen LogP contribution in [0.4, 0.5) is 0 Å². The van der Waals surface area contributed by atoms with E-state index in [1.165, 1.54) is 0 Å². The Balaban J connectivity index is 1.70. The Morgan fingerprint density at radius 1 is 1.33 bits per heavy atom. The van der Waals surface area contributed by atoms with E-state index in [4.69, 9.17) is 4.74 Å². The number of para-hydroxylation sites is 1. The number of morpholine rings is 1. The summed E-state index contributed by atoms with van der Waals surface area (Å²) in [5.74, 6) is 0.494. The zero-order chi connectivity index (χ0) is 17.1. The van der Waals surface area contributed by atoms with Gasteiger partial charge in [-0.05, 0) is 25.0 Å². The van der Waals surface area contributed by atoms with Gasteiger partial charge >= 0.3 is 0 Å². The molecule has 1 fully saturated rings. The first-order valence-electron chi connectivity index (χ1n) is 8.42. The summed E-state index contributed by atoms with van der Waals surface area (Å²) in [6.45, 7) is 8.09. The minimum Gasteiger partial charge on any atom is -0.374 e. The van der Waals surface area contributed by atoms with Crippen LogP contribution in [0.25, 0.3) is 5.69 Å². The lowest BCUT2D eigenvalue weighted by molar-refractivity contribution is -0.139. The van der Waals surface area contributed by atoms with E-state index in [2.05, 4.69) is 24.2 Å². The fraction of sp³-hybridized carbons (Fsp3) is 0.500. The summed E-state index contributed by atoms with van der Waals surface area (Å²) >= 11 is 0. The molecular formula is C18H24N4O2. The van der Waals surface area contributed by atoms with Crippen LogP contribution in [0.15, 0.2) is 30.3 Å². The molecule has 128 valence electrons. The Kier molecular flexibility index (Phi) is 4.94. The second kappa shape index (κ2) is 7.13. The van der Waals surface area contributed by atoms with E-state index in [9.17, 15) is 4.79 Å². The van der Waals surface area contributed by atoms with Gasteiger partial charge in [0.05, 0.1) is 36.2 Å². The van der Waals surface area contributed by atoms with Crippen molar-refractivity contribution in [3.63, 3.8) is 0 Å². The number of ether oxygens (including phenoxy) is 1. The maximum absolute atomic E-state index is 12.6. The van der Waals surface area contributed by atoms with Gasteiger partial charge in [0.1, 0.15) is 0 Å². The molecule has 6 heteroatoms. The van der Waals surface area contributed by atoms with Gasteiger partial charge in [0.15, 0.2) is 0 Å². The third-order valence-corrected chi connectivity index (χ3v) is 4.50. The Hall–Kier alpha value is -2.21. The van der Waals surface area contributed by atoms with Crippen molar-refractivity contribution in [3.8, 4) is 5.69 Å². The molecule has 1 saturated heterocycles. The number of hydrogen-bond donors (Lipinski definition) is 0. The molecule has 3 rings (SSSR count). The fourth-order valence-electron chi connectivity index (χ4n) is 2.90. The van der Waals surface area contributed by atoms with E-state index >= 15 is 0 Å². The summed E-state index contributed by atoms with van der Waals surface area (Å²) in [4.78, 5) is 14.5. The molecule has 1 unspecified atom stereocenters. The van der Waals surface area contributed by atoms with Gasteiger partial charge in [0.2, 0.25) is 5.91 Å². The predicted octanol–water partition coefficient (Wildman–Crippen LogP) is 2.00. The molecule has 0 saturated carbocycles. The second-order valence-electron chi connectivity index (χ2n) is 6.54. The molecular weight excluding hydrogens is 304 g/mol. The molecule has 6 nitrogen and oxygen atoms in total. The normalized spacial score (nSPS) is 18.2. The van der Waals surface area contributed by atoms with Gasteiger partial charge in [0.25, 0.3) is 0 Å². The minimum atomic E-state index is 0.0900. The molecule has 1 aromatic heterocycles. The summed E-state index contributed by atoms with van der Waals surface area (Å²) in [6, 6.07) is 9.83. The summed E-state index contributed by atoms with van der Waals surface area (Å²) < 4.78 is 7.51. The first-order valence-corrected chi connectivity index (χ1v) is 8.42. The largest absolute Gasteiger partial charge is 0.374 e. The molecule has 0 aliphatic carbocycles. The monoisotopic (exact) mass is 328 g/mol. The number of nitrogens with zero attached hydrogens (tertiary/aromatic N) is 4. The zero-order valence-electron chi connectivity index (χ0n) is 14.5. The third kappa shape index (κ3) is 3.48. The number of carbonyl (C=O) groups is 1. The first kappa shape index (κ1) is 16.6. The minimum absolute atomic E-state index is 0.0900. The van der Waals surface area contributed by atoms with Gasteiger partial charge in [-0.3, -0.25) is 4.79 Å². The predicted molar refractivity (Wildman–Crippen MR) is 91.0 cm³/mol. The average Bonchev–Trinajstić information content (AvgIpc) is 2.96. The van der Waals surface area contributed by atoms with Crippen LogP contribution in [0.2, 0.25) is 0 Å². The summed E-state index contributed by atoms with van der Waals surface area (Å²) in [7, 11) is 0. The van der Waals surface area contributed by atoms with Crippen LogP contribution in [0.3, 0.4) is 0 Å². The Bertz CT molecular complexity index is 696. The van der Waals surface area contributed by atoms with Crippen LogP contribution >= 0.6 is 0 Å². The lowest BCUT2D eigenvalue weighted by Crippen LogP contribution is -2.48. The third-order valence-electron chi connectivity index (χ3n) is 4.50. The van der Waals surface area contributed by atoms with Crippen LogP contribution in [-0.4, -0.2) is 51.6 Å². The van der Waals surface area contributed by atoms with Crippen molar-refractivity contribution in [3.05, 3.63) is 41.7 Å². The highest BCUT2D eigenvalue weighted by atomic mass is 16.5. The van der Waals surface area contributed by atoms with Gasteiger partial charge in [-0.2, -0.15) is 0 Å². The van der Waals surface area contributed by atoms with E-state index in [-0.39, 0.29) is 18.4 Å². The number of benzene rings is 1.